The second-order valence-corrected chi connectivity index (χ2v) is 3.39. The molecule has 0 aliphatic heterocycles. The zero-order chi connectivity index (χ0) is 13.9. The minimum Gasteiger partial charge on any atom is -0.410 e. The Bertz CT molecular complexity index is 516. The Balaban J connectivity index is 3.30. The first kappa shape index (κ1) is 14.0. The maximum atomic E-state index is 12.3. The van der Waals surface area contributed by atoms with Crippen LogP contribution in [0.15, 0.2) is 22.6 Å². The minimum absolute atomic E-state index is 0.345. The monoisotopic (exact) mass is 282 g/mol. The summed E-state index contributed by atoms with van der Waals surface area (Å²) in [4.78, 5) is 3.37. The molecule has 6 nitrogen and oxygen atoms in total. The molecule has 0 aliphatic carbocycles. The summed E-state index contributed by atoms with van der Waals surface area (Å²) in [6.07, 6.45) is -4.13. The first-order chi connectivity index (χ1) is 8.31. The molecule has 10 heteroatoms. The van der Waals surface area contributed by atoms with Crippen LogP contribution in [0.4, 0.5) is 13.2 Å². The van der Waals surface area contributed by atoms with Gasteiger partial charge in [0, 0.05) is 6.20 Å². The van der Waals surface area contributed by atoms with Crippen LogP contribution in [-0.4, -0.2) is 26.9 Å². The molecule has 0 aromatic carbocycles. The maximum absolute atomic E-state index is 12.3. The Labute approximate surface area is 103 Å². The van der Waals surface area contributed by atoms with Crippen LogP contribution in [0.3, 0.4) is 0 Å². The normalized spacial score (nSPS) is 13.8. The van der Waals surface area contributed by atoms with Gasteiger partial charge in [0.2, 0.25) is 0 Å². The van der Waals surface area contributed by atoms with Crippen molar-refractivity contribution >= 4 is 23.1 Å². The van der Waals surface area contributed by atoms with Crippen molar-refractivity contribution in [2.75, 3.05) is 0 Å². The van der Waals surface area contributed by atoms with Crippen molar-refractivity contribution in [1.82, 2.24) is 4.98 Å². The average molecular weight is 283 g/mol. The molecular weight excluding hydrogens is 277 g/mol. The van der Waals surface area contributed by atoms with Gasteiger partial charge in [0.15, 0.2) is 11.5 Å². The van der Waals surface area contributed by atoms with Gasteiger partial charge in [-0.3, -0.25) is 4.98 Å². The molecule has 0 unspecified atom stereocenters. The fourth-order valence-electron chi connectivity index (χ4n) is 1.03. The van der Waals surface area contributed by atoms with Gasteiger partial charge in [0.25, 0.3) is 0 Å². The number of hydrogen-bond acceptors (Lipinski definition) is 5. The number of aromatic nitrogens is 1. The highest BCUT2D eigenvalue weighted by Gasteiger charge is 2.32. The van der Waals surface area contributed by atoms with Crippen LogP contribution in [0.5, 0.6) is 0 Å². The number of pyridine rings is 1. The van der Waals surface area contributed by atoms with Crippen molar-refractivity contribution < 1.29 is 23.6 Å². The third-order valence-corrected chi connectivity index (χ3v) is 2.13. The predicted molar refractivity (Wildman–Crippen MR) is 56.0 cm³/mol. The first-order valence-electron chi connectivity index (χ1n) is 4.24. The van der Waals surface area contributed by atoms with E-state index >= 15 is 0 Å². The van der Waals surface area contributed by atoms with E-state index in [0.29, 0.717) is 12.3 Å². The molecule has 18 heavy (non-hydrogen) atoms. The van der Waals surface area contributed by atoms with Gasteiger partial charge in [-0.1, -0.05) is 21.9 Å². The van der Waals surface area contributed by atoms with Gasteiger partial charge >= 0.3 is 6.18 Å². The first-order valence-corrected chi connectivity index (χ1v) is 4.62. The molecule has 1 heterocycles. The lowest BCUT2D eigenvalue weighted by molar-refractivity contribution is -0.137. The summed E-state index contributed by atoms with van der Waals surface area (Å²) in [7, 11) is 0. The molecule has 1 aromatic rings. The number of hydrogen-bond donors (Lipinski definition) is 3. The van der Waals surface area contributed by atoms with Gasteiger partial charge < -0.3 is 16.1 Å². The third-order valence-electron chi connectivity index (χ3n) is 1.84. The molecule has 98 valence electrons. The molecule has 0 atom stereocenters. The van der Waals surface area contributed by atoms with Crippen molar-refractivity contribution in [2.24, 2.45) is 16.0 Å². The maximum Gasteiger partial charge on any atom is 0.417 e. The number of nitrogens with two attached hydrogens (primary N) is 1. The van der Waals surface area contributed by atoms with E-state index in [1.165, 1.54) is 0 Å². The van der Waals surface area contributed by atoms with Crippen LogP contribution < -0.4 is 5.73 Å². The highest BCUT2D eigenvalue weighted by molar-refractivity contribution is 6.49. The van der Waals surface area contributed by atoms with E-state index in [4.69, 9.17) is 27.7 Å². The van der Waals surface area contributed by atoms with Crippen molar-refractivity contribution in [3.63, 3.8) is 0 Å². The van der Waals surface area contributed by atoms with E-state index in [0.717, 1.165) is 0 Å². The average Bonchev–Trinajstić information content (AvgIpc) is 2.30. The zero-order valence-corrected chi connectivity index (χ0v) is 9.24. The summed E-state index contributed by atoms with van der Waals surface area (Å²) < 4.78 is 37.0. The van der Waals surface area contributed by atoms with Crippen LogP contribution in [-0.2, 0) is 6.18 Å². The molecule has 0 bridgehead atoms. The molecule has 0 saturated heterocycles. The molecule has 0 fully saturated rings. The summed E-state index contributed by atoms with van der Waals surface area (Å²) in [5, 5.41) is 21.8. The van der Waals surface area contributed by atoms with Crippen molar-refractivity contribution in [2.45, 2.75) is 6.18 Å². The quantitative estimate of drug-likeness (QED) is 0.332. The van der Waals surface area contributed by atoms with Crippen LogP contribution in [0, 0.1) is 0 Å². The highest BCUT2D eigenvalue weighted by atomic mass is 35.5. The van der Waals surface area contributed by atoms with E-state index in [9.17, 15) is 13.2 Å². The molecule has 0 spiro atoms. The number of rotatable bonds is 2. The summed E-state index contributed by atoms with van der Waals surface area (Å²) in [5.74, 6) is -0.647. The zero-order valence-electron chi connectivity index (χ0n) is 8.48. The molecule has 4 N–H and O–H groups in total. The van der Waals surface area contributed by atoms with E-state index in [2.05, 4.69) is 15.3 Å². The number of amidine groups is 1. The second kappa shape index (κ2) is 5.08. The standard InChI is InChI=1S/C8H6ClF3N4O2/c9-4-1-3(8(10,11)12)2-14-5(4)6(15-17)7(13)16-18/h1-2,17-18H,(H2,13,16)/b15-6-. The molecule has 0 aliphatic rings. The summed E-state index contributed by atoms with van der Waals surface area (Å²) in [6, 6.07) is 0.583. The molecule has 0 radical (unpaired) electrons. The fourth-order valence-corrected chi connectivity index (χ4v) is 1.29. The number of alkyl halides is 3. The van der Waals surface area contributed by atoms with Crippen molar-refractivity contribution in [3.8, 4) is 0 Å². The molecule has 1 rings (SSSR count). The van der Waals surface area contributed by atoms with Crippen molar-refractivity contribution in [3.05, 3.63) is 28.5 Å². The molecule has 0 saturated carbocycles. The SMILES string of the molecule is NC(=NO)/C(=N\O)c1ncc(C(F)(F)F)cc1Cl. The van der Waals surface area contributed by atoms with Gasteiger partial charge in [-0.05, 0) is 6.07 Å². The largest absolute Gasteiger partial charge is 0.417 e. The predicted octanol–water partition coefficient (Wildman–Crippen LogP) is 1.68. The lowest BCUT2D eigenvalue weighted by atomic mass is 10.2. The molecular formula is C8H6ClF3N4O2. The lowest BCUT2D eigenvalue weighted by Crippen LogP contribution is -2.26. The number of halogens is 4. The van der Waals surface area contributed by atoms with Crippen LogP contribution >= 0.6 is 11.6 Å². The van der Waals surface area contributed by atoms with E-state index in [-0.39, 0.29) is 5.69 Å². The lowest BCUT2D eigenvalue weighted by Gasteiger charge is -2.09. The highest BCUT2D eigenvalue weighted by Crippen LogP contribution is 2.31. The van der Waals surface area contributed by atoms with Crippen LogP contribution in [0.2, 0.25) is 5.02 Å². The van der Waals surface area contributed by atoms with Gasteiger partial charge in [0.1, 0.15) is 5.69 Å². The molecule has 0 amide bonds. The van der Waals surface area contributed by atoms with Gasteiger partial charge in [-0.2, -0.15) is 13.2 Å². The van der Waals surface area contributed by atoms with Gasteiger partial charge in [-0.25, -0.2) is 0 Å². The molecule has 1 aromatic heterocycles. The summed E-state index contributed by atoms with van der Waals surface area (Å²) in [5.41, 5.74) is 3.17. The van der Waals surface area contributed by atoms with E-state index < -0.39 is 28.3 Å². The topological polar surface area (TPSA) is 104 Å². The second-order valence-electron chi connectivity index (χ2n) is 2.99. The Morgan fingerprint density at radius 1 is 1.33 bits per heavy atom. The number of oxime groups is 2. The smallest absolute Gasteiger partial charge is 0.410 e. The van der Waals surface area contributed by atoms with Gasteiger partial charge in [0.05, 0.1) is 10.6 Å². The van der Waals surface area contributed by atoms with E-state index in [1.807, 2.05) is 0 Å². The summed E-state index contributed by atoms with van der Waals surface area (Å²) in [6.45, 7) is 0. The Morgan fingerprint density at radius 2 is 1.94 bits per heavy atom. The minimum atomic E-state index is -4.61. The fraction of sp³-hybridized carbons (Fsp3) is 0.125. The Kier molecular flexibility index (Phi) is 3.96. The van der Waals surface area contributed by atoms with Crippen LogP contribution in [0.25, 0.3) is 0 Å². The Hall–Kier alpha value is -2.03. The third kappa shape index (κ3) is 2.80. The van der Waals surface area contributed by atoms with Gasteiger partial charge in [-0.15, -0.1) is 0 Å². The van der Waals surface area contributed by atoms with Crippen molar-refractivity contribution in [1.29, 1.82) is 0 Å². The van der Waals surface area contributed by atoms with E-state index in [1.54, 1.807) is 0 Å². The summed E-state index contributed by atoms with van der Waals surface area (Å²) >= 11 is 5.56. The number of nitrogens with zero attached hydrogens (tertiary/aromatic N) is 3. The Morgan fingerprint density at radius 3 is 2.33 bits per heavy atom. The van der Waals surface area contributed by atoms with Crippen LogP contribution in [0.1, 0.15) is 11.3 Å².